The Balaban J connectivity index is 1.23. The van der Waals surface area contributed by atoms with E-state index in [4.69, 9.17) is 19.9 Å². The lowest BCUT2D eigenvalue weighted by molar-refractivity contribution is 0.717. The van der Waals surface area contributed by atoms with E-state index < -0.39 is 0 Å². The molecule has 0 fully saturated rings. The highest BCUT2D eigenvalue weighted by Crippen LogP contribution is 2.50. The summed E-state index contributed by atoms with van der Waals surface area (Å²) >= 11 is 0. The molecule has 1 aliphatic rings. The monoisotopic (exact) mass is 732 g/mol. The number of hydrogen-bond acceptors (Lipinski definition) is 6. The van der Waals surface area contributed by atoms with Gasteiger partial charge in [0.1, 0.15) is 33.4 Å². The lowest BCUT2D eigenvalue weighted by Gasteiger charge is -2.31. The normalized spacial score (nSPS) is 13.7. The lowest BCUT2D eigenvalue weighted by atomic mass is 9.90. The number of aromatic nitrogens is 4. The molecule has 57 heavy (non-hydrogen) atoms. The summed E-state index contributed by atoms with van der Waals surface area (Å²) in [6, 6.07) is 52.1. The Kier molecular flexibility index (Phi) is 7.74. The Morgan fingerprint density at radius 3 is 1.21 bits per heavy atom. The summed E-state index contributed by atoms with van der Waals surface area (Å²) in [5, 5.41) is 6.94. The summed E-state index contributed by atoms with van der Waals surface area (Å²) < 4.78 is 0. The Morgan fingerprint density at radius 2 is 0.789 bits per heavy atom. The lowest BCUT2D eigenvalue weighted by Crippen LogP contribution is -2.17. The molecule has 0 spiro atoms. The maximum absolute atomic E-state index is 5.18. The van der Waals surface area contributed by atoms with Crippen LogP contribution in [0.5, 0.6) is 0 Å². The van der Waals surface area contributed by atoms with Crippen LogP contribution in [0.2, 0.25) is 0 Å². The van der Waals surface area contributed by atoms with E-state index in [1.54, 1.807) is 24.8 Å². The molecule has 0 saturated carbocycles. The van der Waals surface area contributed by atoms with Gasteiger partial charge in [0.05, 0.1) is 0 Å². The predicted molar refractivity (Wildman–Crippen MR) is 236 cm³/mol. The minimum Gasteiger partial charge on any atom is -0.306 e. The van der Waals surface area contributed by atoms with Crippen LogP contribution in [0.25, 0.3) is 60.5 Å². The zero-order valence-electron chi connectivity index (χ0n) is 31.3. The van der Waals surface area contributed by atoms with Crippen LogP contribution in [0.15, 0.2) is 176 Å². The molecule has 10 aromatic rings. The fraction of sp³-hybridized carbons (Fsp3) is 0.0588. The zero-order chi connectivity index (χ0) is 37.9. The molecule has 0 N–H and O–H groups in total. The summed E-state index contributed by atoms with van der Waals surface area (Å²) in [5.41, 5.74) is 11.1. The second-order valence-corrected chi connectivity index (χ2v) is 14.9. The van der Waals surface area contributed by atoms with Gasteiger partial charge in [0, 0.05) is 47.5 Å². The molecule has 11 rings (SSSR count). The Labute approximate surface area is 330 Å². The summed E-state index contributed by atoms with van der Waals surface area (Å²) in [7, 11) is 0. The summed E-state index contributed by atoms with van der Waals surface area (Å²) in [5.74, 6) is 0.499. The van der Waals surface area contributed by atoms with Crippen molar-refractivity contribution in [2.24, 2.45) is 5.92 Å². The van der Waals surface area contributed by atoms with Gasteiger partial charge in [-0.1, -0.05) is 116 Å². The van der Waals surface area contributed by atoms with Gasteiger partial charge in [0.25, 0.3) is 0 Å². The van der Waals surface area contributed by atoms with Crippen LogP contribution in [0.4, 0.5) is 34.1 Å². The van der Waals surface area contributed by atoms with Crippen LogP contribution in [-0.4, -0.2) is 19.9 Å². The van der Waals surface area contributed by atoms with Gasteiger partial charge in [-0.3, -0.25) is 19.9 Å². The largest absolute Gasteiger partial charge is 0.306 e. The van der Waals surface area contributed by atoms with E-state index in [2.05, 4.69) is 174 Å². The van der Waals surface area contributed by atoms with Gasteiger partial charge < -0.3 is 9.80 Å². The van der Waals surface area contributed by atoms with E-state index in [1.807, 2.05) is 0 Å². The summed E-state index contributed by atoms with van der Waals surface area (Å²) in [6.07, 6.45) is 12.7. The van der Waals surface area contributed by atoms with Gasteiger partial charge >= 0.3 is 0 Å². The first-order valence-corrected chi connectivity index (χ1v) is 19.4. The third kappa shape index (κ3) is 5.64. The van der Waals surface area contributed by atoms with Gasteiger partial charge in [0.2, 0.25) is 0 Å². The first kappa shape index (κ1) is 32.9. The number of benzene rings is 8. The standard InChI is InChI=1S/C51H36N6/c1-33-14-15-41-32-45(23-19-40(41)28-33)57(44-22-18-36-10-4-7-13-39(36)31-44)51-48-46(52-24-26-54-48)50(47-49(51)55-27-25-53-47)56(42-20-16-34-8-2-5-11-37(34)29-42)43-21-17-35-9-3-6-12-38(35)30-43/h2-27,29-33H,28H2,1H3. The molecule has 8 aromatic carbocycles. The van der Waals surface area contributed by atoms with E-state index in [-0.39, 0.29) is 0 Å². The molecule has 0 saturated heterocycles. The van der Waals surface area contributed by atoms with E-state index in [9.17, 15) is 0 Å². The molecule has 6 heteroatoms. The highest BCUT2D eigenvalue weighted by molar-refractivity contribution is 6.19. The Morgan fingerprint density at radius 1 is 0.421 bits per heavy atom. The van der Waals surface area contributed by atoms with E-state index in [0.717, 1.165) is 78.8 Å². The molecule has 0 aliphatic heterocycles. The van der Waals surface area contributed by atoms with Crippen molar-refractivity contribution in [3.05, 3.63) is 188 Å². The van der Waals surface area contributed by atoms with Crippen LogP contribution >= 0.6 is 0 Å². The minimum absolute atomic E-state index is 0.499. The molecular formula is C51H36N6. The molecule has 1 aliphatic carbocycles. The molecule has 6 nitrogen and oxygen atoms in total. The summed E-state index contributed by atoms with van der Waals surface area (Å²) in [4.78, 5) is 25.3. The van der Waals surface area contributed by atoms with Crippen LogP contribution in [0.1, 0.15) is 18.1 Å². The van der Waals surface area contributed by atoms with Gasteiger partial charge in [-0.25, -0.2) is 0 Å². The first-order valence-electron chi connectivity index (χ1n) is 19.4. The third-order valence-electron chi connectivity index (χ3n) is 11.2. The molecule has 0 bridgehead atoms. The number of allylic oxidation sites excluding steroid dienone is 1. The molecule has 2 heterocycles. The van der Waals surface area contributed by atoms with E-state index in [1.165, 1.54) is 27.3 Å². The maximum Gasteiger partial charge on any atom is 0.117 e. The fourth-order valence-electron chi connectivity index (χ4n) is 8.52. The zero-order valence-corrected chi connectivity index (χ0v) is 31.3. The predicted octanol–water partition coefficient (Wildman–Crippen LogP) is 13.2. The van der Waals surface area contributed by atoms with Gasteiger partial charge in [-0.05, 0) is 104 Å². The Hall–Kier alpha value is -7.44. The SMILES string of the molecule is CC1C=Cc2cc(N(c3ccc4ccccc4c3)c3c4nccnc4c(N(c4ccc5ccccc5c4)c4ccc5ccccc5c4)c4nccnc34)ccc2C1. The average Bonchev–Trinajstić information content (AvgIpc) is 3.27. The molecule has 2 aromatic heterocycles. The first-order chi connectivity index (χ1) is 28.2. The van der Waals surface area contributed by atoms with Gasteiger partial charge in [-0.2, -0.15) is 0 Å². The smallest absolute Gasteiger partial charge is 0.117 e. The molecule has 0 radical (unpaired) electrons. The van der Waals surface area contributed by atoms with Crippen molar-refractivity contribution in [2.45, 2.75) is 13.3 Å². The van der Waals surface area contributed by atoms with Crippen LogP contribution in [0, 0.1) is 5.92 Å². The third-order valence-corrected chi connectivity index (χ3v) is 11.2. The molecular weight excluding hydrogens is 697 g/mol. The second kappa shape index (κ2) is 13.4. The number of rotatable bonds is 6. The highest BCUT2D eigenvalue weighted by Gasteiger charge is 2.29. The molecule has 1 atom stereocenters. The minimum atomic E-state index is 0.499. The molecule has 0 amide bonds. The van der Waals surface area contributed by atoms with Crippen molar-refractivity contribution in [1.82, 2.24) is 19.9 Å². The van der Waals surface area contributed by atoms with Gasteiger partial charge in [-0.15, -0.1) is 0 Å². The summed E-state index contributed by atoms with van der Waals surface area (Å²) in [6.45, 7) is 2.27. The van der Waals surface area contributed by atoms with Gasteiger partial charge in [0.15, 0.2) is 0 Å². The van der Waals surface area contributed by atoms with Crippen LogP contribution in [0.3, 0.4) is 0 Å². The number of hydrogen-bond donors (Lipinski definition) is 0. The van der Waals surface area contributed by atoms with Crippen molar-refractivity contribution in [1.29, 1.82) is 0 Å². The number of anilines is 6. The van der Waals surface area contributed by atoms with Crippen molar-refractivity contribution in [3.63, 3.8) is 0 Å². The van der Waals surface area contributed by atoms with Crippen molar-refractivity contribution in [2.75, 3.05) is 9.80 Å². The molecule has 1 unspecified atom stereocenters. The van der Waals surface area contributed by atoms with Crippen LogP contribution < -0.4 is 9.80 Å². The fourth-order valence-corrected chi connectivity index (χ4v) is 8.52. The van der Waals surface area contributed by atoms with Crippen molar-refractivity contribution in [3.8, 4) is 0 Å². The van der Waals surface area contributed by atoms with E-state index in [0.29, 0.717) is 5.92 Å². The average molecular weight is 733 g/mol. The number of fused-ring (bicyclic) bond motifs is 6. The maximum atomic E-state index is 5.18. The van der Waals surface area contributed by atoms with Crippen molar-refractivity contribution >= 4 is 94.6 Å². The highest BCUT2D eigenvalue weighted by atomic mass is 15.2. The number of nitrogens with zero attached hydrogens (tertiary/aromatic N) is 6. The van der Waals surface area contributed by atoms with Crippen LogP contribution in [-0.2, 0) is 6.42 Å². The van der Waals surface area contributed by atoms with E-state index >= 15 is 0 Å². The second-order valence-electron chi connectivity index (χ2n) is 14.9. The quantitative estimate of drug-likeness (QED) is 0.125. The van der Waals surface area contributed by atoms with Crippen molar-refractivity contribution < 1.29 is 0 Å². The topological polar surface area (TPSA) is 58.0 Å². The Bertz CT molecular complexity index is 3090. The molecule has 270 valence electrons.